The normalized spacial score (nSPS) is 37.1. The van der Waals surface area contributed by atoms with E-state index in [0.29, 0.717) is 5.54 Å². The highest BCUT2D eigenvalue weighted by molar-refractivity contribution is 5.03. The second-order valence-corrected chi connectivity index (χ2v) is 6.83. The Bertz CT molecular complexity index is 270. The van der Waals surface area contributed by atoms with Crippen LogP contribution in [0, 0.1) is 11.8 Å². The van der Waals surface area contributed by atoms with Gasteiger partial charge in [0.15, 0.2) is 0 Å². The quantitative estimate of drug-likeness (QED) is 0.789. The minimum absolute atomic E-state index is 0.426. The van der Waals surface area contributed by atoms with Gasteiger partial charge in [0.05, 0.1) is 0 Å². The van der Waals surface area contributed by atoms with Crippen LogP contribution in [-0.2, 0) is 0 Å². The van der Waals surface area contributed by atoms with Gasteiger partial charge in [-0.05, 0) is 44.4 Å². The molecule has 2 unspecified atom stereocenters. The van der Waals surface area contributed by atoms with E-state index < -0.39 is 0 Å². The molecule has 3 rings (SSSR count). The maximum absolute atomic E-state index is 3.79. The molecule has 0 aromatic carbocycles. The molecular formula is C15H28N2. The third-order valence-electron chi connectivity index (χ3n) is 5.23. The molecule has 98 valence electrons. The molecule has 0 radical (unpaired) electrons. The van der Waals surface area contributed by atoms with E-state index in [2.05, 4.69) is 24.1 Å². The first kappa shape index (κ1) is 12.0. The lowest BCUT2D eigenvalue weighted by atomic mass is 9.91. The van der Waals surface area contributed by atoms with E-state index in [1.165, 1.54) is 58.2 Å². The molecule has 1 saturated heterocycles. The molecule has 3 aliphatic rings. The maximum atomic E-state index is 3.79. The van der Waals surface area contributed by atoms with Gasteiger partial charge in [-0.1, -0.05) is 19.8 Å². The van der Waals surface area contributed by atoms with Crippen molar-refractivity contribution in [2.45, 2.75) is 64.0 Å². The number of hydrogen-bond donors (Lipinski definition) is 1. The molecule has 0 bridgehead atoms. The van der Waals surface area contributed by atoms with Gasteiger partial charge in [-0.25, -0.2) is 0 Å². The van der Waals surface area contributed by atoms with Gasteiger partial charge >= 0.3 is 0 Å². The van der Waals surface area contributed by atoms with E-state index in [1.54, 1.807) is 0 Å². The Hall–Kier alpha value is -0.0800. The SMILES string of the molecule is CCC(CC1CC1)N1CCNC(C)(C2CC2)C1. The second kappa shape index (κ2) is 4.55. The fourth-order valence-corrected chi connectivity index (χ4v) is 3.66. The van der Waals surface area contributed by atoms with Crippen molar-refractivity contribution in [3.63, 3.8) is 0 Å². The summed E-state index contributed by atoms with van der Waals surface area (Å²) < 4.78 is 0. The molecule has 2 atom stereocenters. The van der Waals surface area contributed by atoms with Crippen molar-refractivity contribution < 1.29 is 0 Å². The summed E-state index contributed by atoms with van der Waals surface area (Å²) in [5, 5.41) is 3.79. The minimum Gasteiger partial charge on any atom is -0.309 e. The highest BCUT2D eigenvalue weighted by Crippen LogP contribution is 2.42. The largest absolute Gasteiger partial charge is 0.309 e. The fourth-order valence-electron chi connectivity index (χ4n) is 3.66. The monoisotopic (exact) mass is 236 g/mol. The highest BCUT2D eigenvalue weighted by atomic mass is 15.2. The first-order chi connectivity index (χ1) is 8.21. The number of piperazine rings is 1. The summed E-state index contributed by atoms with van der Waals surface area (Å²) in [4.78, 5) is 2.80. The predicted molar refractivity (Wildman–Crippen MR) is 72.1 cm³/mol. The Balaban J connectivity index is 1.60. The molecule has 2 saturated carbocycles. The van der Waals surface area contributed by atoms with Crippen molar-refractivity contribution in [2.24, 2.45) is 11.8 Å². The standard InChI is InChI=1S/C15H28N2/c1-3-14(10-12-4-5-12)17-9-8-16-15(2,11-17)13-6-7-13/h12-14,16H,3-11H2,1-2H3. The zero-order chi connectivity index (χ0) is 11.9. The Kier molecular flexibility index (Phi) is 3.20. The summed E-state index contributed by atoms with van der Waals surface area (Å²) in [5.74, 6) is 2.03. The number of rotatable bonds is 5. The van der Waals surface area contributed by atoms with Crippen molar-refractivity contribution in [1.82, 2.24) is 10.2 Å². The second-order valence-electron chi connectivity index (χ2n) is 6.83. The molecule has 3 fully saturated rings. The molecule has 2 aliphatic carbocycles. The Labute approximate surface area is 106 Å². The van der Waals surface area contributed by atoms with Gasteiger partial charge in [-0.2, -0.15) is 0 Å². The summed E-state index contributed by atoms with van der Waals surface area (Å²) in [6.45, 7) is 8.61. The Morgan fingerprint density at radius 3 is 2.65 bits per heavy atom. The van der Waals surface area contributed by atoms with E-state index in [0.717, 1.165) is 17.9 Å². The summed E-state index contributed by atoms with van der Waals surface area (Å²) >= 11 is 0. The molecule has 1 N–H and O–H groups in total. The van der Waals surface area contributed by atoms with Crippen LogP contribution in [0.5, 0.6) is 0 Å². The van der Waals surface area contributed by atoms with Crippen molar-refractivity contribution >= 4 is 0 Å². The molecule has 17 heavy (non-hydrogen) atoms. The van der Waals surface area contributed by atoms with E-state index in [9.17, 15) is 0 Å². The predicted octanol–water partition coefficient (Wildman–Crippen LogP) is 2.64. The number of nitrogens with one attached hydrogen (secondary N) is 1. The van der Waals surface area contributed by atoms with Crippen molar-refractivity contribution in [2.75, 3.05) is 19.6 Å². The third kappa shape index (κ3) is 2.68. The number of hydrogen-bond acceptors (Lipinski definition) is 2. The molecule has 0 aromatic heterocycles. The lowest BCUT2D eigenvalue weighted by Gasteiger charge is -2.45. The smallest absolute Gasteiger partial charge is 0.0309 e. The van der Waals surface area contributed by atoms with Crippen LogP contribution < -0.4 is 5.32 Å². The summed E-state index contributed by atoms with van der Waals surface area (Å²) in [6.07, 6.45) is 8.73. The van der Waals surface area contributed by atoms with Gasteiger partial charge < -0.3 is 5.32 Å². The molecule has 0 spiro atoms. The minimum atomic E-state index is 0.426. The van der Waals surface area contributed by atoms with E-state index in [-0.39, 0.29) is 0 Å². The van der Waals surface area contributed by atoms with Crippen LogP contribution in [0.1, 0.15) is 52.4 Å². The molecule has 1 aliphatic heterocycles. The molecule has 0 amide bonds. The van der Waals surface area contributed by atoms with Gasteiger partial charge in [-0.15, -0.1) is 0 Å². The Morgan fingerprint density at radius 2 is 2.06 bits per heavy atom. The van der Waals surface area contributed by atoms with Crippen LogP contribution in [-0.4, -0.2) is 36.1 Å². The zero-order valence-electron chi connectivity index (χ0n) is 11.5. The van der Waals surface area contributed by atoms with E-state index >= 15 is 0 Å². The molecular weight excluding hydrogens is 208 g/mol. The molecule has 2 nitrogen and oxygen atoms in total. The van der Waals surface area contributed by atoms with Crippen molar-refractivity contribution in [1.29, 1.82) is 0 Å². The number of nitrogens with zero attached hydrogens (tertiary/aromatic N) is 1. The van der Waals surface area contributed by atoms with Crippen LogP contribution in [0.4, 0.5) is 0 Å². The van der Waals surface area contributed by atoms with Crippen LogP contribution >= 0.6 is 0 Å². The van der Waals surface area contributed by atoms with E-state index in [1.807, 2.05) is 0 Å². The van der Waals surface area contributed by atoms with Gasteiger partial charge in [0.1, 0.15) is 0 Å². The van der Waals surface area contributed by atoms with Gasteiger partial charge in [0.25, 0.3) is 0 Å². The topological polar surface area (TPSA) is 15.3 Å². The zero-order valence-corrected chi connectivity index (χ0v) is 11.5. The lowest BCUT2D eigenvalue weighted by Crippen LogP contribution is -2.62. The summed E-state index contributed by atoms with van der Waals surface area (Å²) in [5.41, 5.74) is 0.426. The van der Waals surface area contributed by atoms with Gasteiger partial charge in [0.2, 0.25) is 0 Å². The fraction of sp³-hybridized carbons (Fsp3) is 1.00. The lowest BCUT2D eigenvalue weighted by molar-refractivity contribution is 0.0796. The first-order valence-corrected chi connectivity index (χ1v) is 7.70. The molecule has 1 heterocycles. The molecule has 2 heteroatoms. The van der Waals surface area contributed by atoms with Crippen molar-refractivity contribution in [3.8, 4) is 0 Å². The van der Waals surface area contributed by atoms with E-state index in [4.69, 9.17) is 0 Å². The highest BCUT2D eigenvalue weighted by Gasteiger charge is 2.45. The first-order valence-electron chi connectivity index (χ1n) is 7.70. The summed E-state index contributed by atoms with van der Waals surface area (Å²) in [6, 6.07) is 0.864. The van der Waals surface area contributed by atoms with Crippen LogP contribution in [0.25, 0.3) is 0 Å². The third-order valence-corrected chi connectivity index (χ3v) is 5.23. The van der Waals surface area contributed by atoms with Crippen LogP contribution in [0.3, 0.4) is 0 Å². The Morgan fingerprint density at radius 1 is 1.29 bits per heavy atom. The maximum Gasteiger partial charge on any atom is 0.0309 e. The van der Waals surface area contributed by atoms with Crippen LogP contribution in [0.2, 0.25) is 0 Å². The average Bonchev–Trinajstić information content (AvgIpc) is 3.18. The van der Waals surface area contributed by atoms with Gasteiger partial charge in [-0.3, -0.25) is 4.90 Å². The summed E-state index contributed by atoms with van der Waals surface area (Å²) in [7, 11) is 0. The van der Waals surface area contributed by atoms with Gasteiger partial charge in [0, 0.05) is 31.2 Å². The molecule has 0 aromatic rings. The van der Waals surface area contributed by atoms with Crippen LogP contribution in [0.15, 0.2) is 0 Å². The van der Waals surface area contributed by atoms with Crippen molar-refractivity contribution in [3.05, 3.63) is 0 Å². The average molecular weight is 236 g/mol.